The first-order chi connectivity index (χ1) is 23.5. The Balaban J connectivity index is 1.39. The molecule has 1 aromatic rings. The fourth-order valence-corrected chi connectivity index (χ4v) is 13.3. The van der Waals surface area contributed by atoms with E-state index in [4.69, 9.17) is 14.2 Å². The summed E-state index contributed by atoms with van der Waals surface area (Å²) in [6.45, 7) is 17.8. The number of hydrogen-bond acceptors (Lipinski definition) is 8. The Hall–Kier alpha value is -3.29. The average molecular weight is 691 g/mol. The minimum atomic E-state index is -0.564. The minimum Gasteiger partial charge on any atom is -0.504 e. The van der Waals surface area contributed by atoms with Gasteiger partial charge in [0.05, 0.1) is 19.1 Å². The summed E-state index contributed by atoms with van der Waals surface area (Å²) in [5, 5.41) is 19.7. The second-order valence-corrected chi connectivity index (χ2v) is 17.7. The lowest BCUT2D eigenvalue weighted by molar-refractivity contribution is -0.265. The molecule has 0 unspecified atom stereocenters. The van der Waals surface area contributed by atoms with Gasteiger partial charge in [-0.25, -0.2) is 4.79 Å². The molecule has 0 amide bonds. The number of phenolic OH excluding ortho intramolecular Hbond substituents is 2. The molecule has 1 aromatic carbocycles. The van der Waals surface area contributed by atoms with Gasteiger partial charge in [0.2, 0.25) is 0 Å². The van der Waals surface area contributed by atoms with Crippen LogP contribution >= 0.6 is 0 Å². The molecule has 5 fully saturated rings. The summed E-state index contributed by atoms with van der Waals surface area (Å²) in [4.78, 5) is 39.5. The summed E-state index contributed by atoms with van der Waals surface area (Å²) in [6.07, 6.45) is 11.8. The quantitative estimate of drug-likeness (QED) is 0.0963. The van der Waals surface area contributed by atoms with Gasteiger partial charge in [0, 0.05) is 23.8 Å². The monoisotopic (exact) mass is 690 g/mol. The first-order valence-electron chi connectivity index (χ1n) is 18.7. The van der Waals surface area contributed by atoms with Gasteiger partial charge in [0.15, 0.2) is 11.5 Å². The SMILES string of the molecule is C=C(C)[C@@H]1CC[C@]2(C(=O)OC)CC[C@]3(COC(=O)/C=C/c4ccc(O)c(O)c4)[C@H](CC[C@@H]4[C@@]5(C)CC[C@H](OC(C)=O)C(C)(C)[C@@H]5CC[C@]43C)[C@@H]12. The van der Waals surface area contributed by atoms with Crippen molar-refractivity contribution in [2.45, 2.75) is 112 Å². The van der Waals surface area contributed by atoms with Gasteiger partial charge in [-0.05, 0) is 135 Å². The maximum Gasteiger partial charge on any atom is 0.330 e. The summed E-state index contributed by atoms with van der Waals surface area (Å²) in [6, 6.07) is 4.42. The Morgan fingerprint density at radius 2 is 1.64 bits per heavy atom. The number of carbonyl (C=O) groups excluding carboxylic acids is 3. The van der Waals surface area contributed by atoms with E-state index in [9.17, 15) is 24.6 Å². The largest absolute Gasteiger partial charge is 0.504 e. The van der Waals surface area contributed by atoms with Gasteiger partial charge >= 0.3 is 17.9 Å². The maximum atomic E-state index is 13.8. The van der Waals surface area contributed by atoms with Crippen molar-refractivity contribution in [2.75, 3.05) is 13.7 Å². The van der Waals surface area contributed by atoms with Crippen LogP contribution in [0.3, 0.4) is 0 Å². The second kappa shape index (κ2) is 12.7. The molecular weight excluding hydrogens is 632 g/mol. The van der Waals surface area contributed by atoms with Crippen LogP contribution in [0, 0.1) is 56.7 Å². The number of esters is 3. The van der Waals surface area contributed by atoms with Crippen LogP contribution in [-0.4, -0.2) is 47.9 Å². The molecule has 0 spiro atoms. The third-order valence-electron chi connectivity index (χ3n) is 15.4. The van der Waals surface area contributed by atoms with E-state index >= 15 is 0 Å². The Bertz CT molecular complexity index is 1580. The van der Waals surface area contributed by atoms with E-state index in [1.165, 1.54) is 32.2 Å². The number of ether oxygens (including phenoxy) is 3. The number of carbonyl (C=O) groups is 3. The maximum absolute atomic E-state index is 13.8. The van der Waals surface area contributed by atoms with E-state index in [0.29, 0.717) is 23.8 Å². The average Bonchev–Trinajstić information content (AvgIpc) is 3.46. The number of methoxy groups -OCH3 is 1. The van der Waals surface area contributed by atoms with Crippen LogP contribution in [0.4, 0.5) is 0 Å². The molecule has 5 aliphatic rings. The smallest absolute Gasteiger partial charge is 0.330 e. The van der Waals surface area contributed by atoms with Crippen LogP contribution in [0.15, 0.2) is 36.4 Å². The zero-order valence-electron chi connectivity index (χ0n) is 31.2. The van der Waals surface area contributed by atoms with E-state index in [-0.39, 0.29) is 75.6 Å². The molecule has 0 saturated heterocycles. The highest BCUT2D eigenvalue weighted by Crippen LogP contribution is 2.78. The van der Waals surface area contributed by atoms with Crippen LogP contribution in [0.5, 0.6) is 11.5 Å². The summed E-state index contributed by atoms with van der Waals surface area (Å²) in [5.74, 6) is -0.0955. The number of aromatic hydroxyl groups is 2. The number of phenols is 2. The summed E-state index contributed by atoms with van der Waals surface area (Å²) in [5.41, 5.74) is 0.438. The standard InChI is InChI=1S/C42H58O8/c1-25(2)28-15-20-41(37(47)48-8)21-22-42(24-49-35(46)14-10-27-9-12-30(44)31(45)23-27)29(36(28)41)11-13-33-39(6)18-17-34(50-26(3)43)38(4,5)32(39)16-19-40(33,42)7/h9-10,12,14,23,28-29,32-34,36,44-45H,1,11,13,15-22,24H2,2-8H3/b14-10+/t28-,29+,32-,33+,34-,36+,39-,40+,41-,42-/m0/s1. The van der Waals surface area contributed by atoms with Crippen LogP contribution in [0.25, 0.3) is 6.08 Å². The van der Waals surface area contributed by atoms with E-state index in [2.05, 4.69) is 41.2 Å². The first-order valence-corrected chi connectivity index (χ1v) is 18.7. The molecule has 0 radical (unpaired) electrons. The molecule has 0 aromatic heterocycles. The molecule has 0 bridgehead atoms. The lowest BCUT2D eigenvalue weighted by Gasteiger charge is -2.73. The van der Waals surface area contributed by atoms with Crippen molar-refractivity contribution < 1.29 is 38.8 Å². The van der Waals surface area contributed by atoms with Crippen LogP contribution < -0.4 is 0 Å². The molecular formula is C42H58O8. The van der Waals surface area contributed by atoms with Crippen molar-refractivity contribution in [1.29, 1.82) is 0 Å². The summed E-state index contributed by atoms with van der Waals surface area (Å²) < 4.78 is 17.8. The van der Waals surface area contributed by atoms with Gasteiger partial charge < -0.3 is 24.4 Å². The highest BCUT2D eigenvalue weighted by atomic mass is 16.5. The van der Waals surface area contributed by atoms with Crippen molar-refractivity contribution in [3.63, 3.8) is 0 Å². The molecule has 0 aliphatic heterocycles. The molecule has 8 nitrogen and oxygen atoms in total. The molecule has 274 valence electrons. The number of rotatable bonds is 7. The molecule has 8 heteroatoms. The van der Waals surface area contributed by atoms with Gasteiger partial charge in [-0.15, -0.1) is 0 Å². The van der Waals surface area contributed by atoms with Crippen LogP contribution in [0.1, 0.15) is 111 Å². The Morgan fingerprint density at radius 3 is 2.30 bits per heavy atom. The van der Waals surface area contributed by atoms with Gasteiger partial charge in [0.25, 0.3) is 0 Å². The minimum absolute atomic E-state index is 0.0101. The van der Waals surface area contributed by atoms with E-state index in [1.807, 2.05) is 0 Å². The van der Waals surface area contributed by atoms with Crippen molar-refractivity contribution in [3.8, 4) is 11.5 Å². The highest BCUT2D eigenvalue weighted by molar-refractivity contribution is 5.87. The first kappa shape index (κ1) is 36.5. The van der Waals surface area contributed by atoms with Gasteiger partial charge in [-0.2, -0.15) is 0 Å². The number of benzene rings is 1. The van der Waals surface area contributed by atoms with E-state index < -0.39 is 11.4 Å². The summed E-state index contributed by atoms with van der Waals surface area (Å²) >= 11 is 0. The Morgan fingerprint density at radius 1 is 0.900 bits per heavy atom. The van der Waals surface area contributed by atoms with Gasteiger partial charge in [-0.3, -0.25) is 9.59 Å². The third-order valence-corrected chi connectivity index (χ3v) is 15.4. The van der Waals surface area contributed by atoms with Crippen molar-refractivity contribution in [3.05, 3.63) is 42.0 Å². The Kier molecular flexibility index (Phi) is 9.30. The molecule has 10 atom stereocenters. The lowest BCUT2D eigenvalue weighted by Crippen LogP contribution is -2.69. The lowest BCUT2D eigenvalue weighted by atomic mass is 9.32. The van der Waals surface area contributed by atoms with Crippen molar-refractivity contribution >= 4 is 24.0 Å². The Labute approximate surface area is 298 Å². The summed E-state index contributed by atoms with van der Waals surface area (Å²) in [7, 11) is 1.51. The van der Waals surface area contributed by atoms with Gasteiger partial charge in [-0.1, -0.05) is 45.9 Å². The zero-order valence-corrected chi connectivity index (χ0v) is 31.2. The molecule has 6 rings (SSSR count). The van der Waals surface area contributed by atoms with Crippen LogP contribution in [0.2, 0.25) is 0 Å². The molecule has 0 heterocycles. The molecule has 50 heavy (non-hydrogen) atoms. The molecule has 5 aliphatic carbocycles. The third kappa shape index (κ3) is 5.41. The number of allylic oxidation sites excluding steroid dienone is 1. The van der Waals surface area contributed by atoms with Gasteiger partial charge in [0.1, 0.15) is 6.10 Å². The molecule has 5 saturated carbocycles. The topological polar surface area (TPSA) is 119 Å². The van der Waals surface area contributed by atoms with Crippen molar-refractivity contribution in [2.24, 2.45) is 56.7 Å². The predicted molar refractivity (Wildman–Crippen MR) is 191 cm³/mol. The second-order valence-electron chi connectivity index (χ2n) is 17.7. The number of fused-ring (bicyclic) bond motifs is 7. The number of hydrogen-bond donors (Lipinski definition) is 2. The fourth-order valence-electron chi connectivity index (χ4n) is 13.3. The normalized spacial score (nSPS) is 40.1. The van der Waals surface area contributed by atoms with E-state index in [1.54, 1.807) is 12.1 Å². The zero-order chi connectivity index (χ0) is 36.4. The van der Waals surface area contributed by atoms with E-state index in [0.717, 1.165) is 63.4 Å². The fraction of sp³-hybridized carbons (Fsp3) is 0.690. The predicted octanol–water partition coefficient (Wildman–Crippen LogP) is 8.40. The highest BCUT2D eigenvalue weighted by Gasteiger charge is 2.74. The van der Waals surface area contributed by atoms with Crippen molar-refractivity contribution in [1.82, 2.24) is 0 Å². The molecule has 2 N–H and O–H groups in total. The van der Waals surface area contributed by atoms with Crippen LogP contribution in [-0.2, 0) is 28.6 Å².